The average molecular weight is 290 g/mol. The second-order valence-electron chi connectivity index (χ2n) is 4.48. The van der Waals surface area contributed by atoms with E-state index in [1.165, 1.54) is 0 Å². The van der Waals surface area contributed by atoms with Gasteiger partial charge in [0.15, 0.2) is 17.3 Å². The molecule has 0 unspecified atom stereocenters. The van der Waals surface area contributed by atoms with Gasteiger partial charge in [0, 0.05) is 0 Å². The molecule has 0 radical (unpaired) electrons. The van der Waals surface area contributed by atoms with Crippen molar-refractivity contribution in [2.75, 3.05) is 14.2 Å². The minimum atomic E-state index is -0.107. The SMILES string of the molecule is COc1ccc(CC(=O)NCc2n[nH]c(C)n2)cc1OC. The molecule has 7 nitrogen and oxygen atoms in total. The molecule has 1 aromatic heterocycles. The minimum Gasteiger partial charge on any atom is -0.493 e. The number of hydrogen-bond acceptors (Lipinski definition) is 5. The van der Waals surface area contributed by atoms with Crippen LogP contribution in [0.25, 0.3) is 0 Å². The highest BCUT2D eigenvalue weighted by Gasteiger charge is 2.09. The van der Waals surface area contributed by atoms with Gasteiger partial charge >= 0.3 is 0 Å². The lowest BCUT2D eigenvalue weighted by Crippen LogP contribution is -2.25. The van der Waals surface area contributed by atoms with E-state index in [2.05, 4.69) is 20.5 Å². The van der Waals surface area contributed by atoms with Crippen LogP contribution in [0.3, 0.4) is 0 Å². The molecule has 0 bridgehead atoms. The number of aryl methyl sites for hydroxylation is 1. The molecule has 2 aromatic rings. The van der Waals surface area contributed by atoms with Crippen molar-refractivity contribution >= 4 is 5.91 Å². The predicted octanol–water partition coefficient (Wildman–Crippen LogP) is 0.989. The molecule has 0 aliphatic heterocycles. The molecule has 0 aliphatic rings. The van der Waals surface area contributed by atoms with E-state index in [9.17, 15) is 4.79 Å². The largest absolute Gasteiger partial charge is 0.493 e. The van der Waals surface area contributed by atoms with Gasteiger partial charge in [0.05, 0.1) is 27.2 Å². The molecule has 1 amide bonds. The number of nitrogens with one attached hydrogen (secondary N) is 2. The van der Waals surface area contributed by atoms with Crippen LogP contribution in [-0.2, 0) is 17.8 Å². The highest BCUT2D eigenvalue weighted by Crippen LogP contribution is 2.27. The van der Waals surface area contributed by atoms with Crippen LogP contribution in [0.2, 0.25) is 0 Å². The van der Waals surface area contributed by atoms with E-state index in [1.807, 2.05) is 13.0 Å². The molecule has 2 N–H and O–H groups in total. The van der Waals surface area contributed by atoms with E-state index >= 15 is 0 Å². The number of amides is 1. The van der Waals surface area contributed by atoms with Gasteiger partial charge in [-0.1, -0.05) is 6.07 Å². The lowest BCUT2D eigenvalue weighted by molar-refractivity contribution is -0.120. The second-order valence-corrected chi connectivity index (χ2v) is 4.48. The van der Waals surface area contributed by atoms with E-state index in [1.54, 1.807) is 26.4 Å². The van der Waals surface area contributed by atoms with E-state index in [-0.39, 0.29) is 12.3 Å². The maximum atomic E-state index is 11.9. The summed E-state index contributed by atoms with van der Waals surface area (Å²) < 4.78 is 10.4. The molecular weight excluding hydrogens is 272 g/mol. The van der Waals surface area contributed by atoms with Gasteiger partial charge in [-0.15, -0.1) is 0 Å². The van der Waals surface area contributed by atoms with Crippen molar-refractivity contribution in [2.45, 2.75) is 19.9 Å². The molecular formula is C14H18N4O3. The monoisotopic (exact) mass is 290 g/mol. The van der Waals surface area contributed by atoms with Gasteiger partial charge in [0.1, 0.15) is 5.82 Å². The third-order valence-electron chi connectivity index (χ3n) is 2.90. The van der Waals surface area contributed by atoms with Gasteiger partial charge in [-0.2, -0.15) is 5.10 Å². The van der Waals surface area contributed by atoms with Crippen molar-refractivity contribution < 1.29 is 14.3 Å². The molecule has 2 rings (SSSR count). The van der Waals surface area contributed by atoms with E-state index in [4.69, 9.17) is 9.47 Å². The van der Waals surface area contributed by atoms with Crippen LogP contribution >= 0.6 is 0 Å². The maximum Gasteiger partial charge on any atom is 0.224 e. The van der Waals surface area contributed by atoms with Gasteiger partial charge in [0.25, 0.3) is 0 Å². The Labute approximate surface area is 122 Å². The van der Waals surface area contributed by atoms with Crippen molar-refractivity contribution in [2.24, 2.45) is 0 Å². The summed E-state index contributed by atoms with van der Waals surface area (Å²) in [4.78, 5) is 16.0. The molecule has 112 valence electrons. The Hall–Kier alpha value is -2.57. The van der Waals surface area contributed by atoms with E-state index in [0.29, 0.717) is 23.9 Å². The Bertz CT molecular complexity index is 624. The van der Waals surface area contributed by atoms with E-state index < -0.39 is 0 Å². The lowest BCUT2D eigenvalue weighted by Gasteiger charge is -2.09. The summed E-state index contributed by atoms with van der Waals surface area (Å²) in [5, 5.41) is 9.46. The van der Waals surface area contributed by atoms with Crippen LogP contribution in [0.15, 0.2) is 18.2 Å². The normalized spacial score (nSPS) is 10.2. The number of hydrogen-bond donors (Lipinski definition) is 2. The minimum absolute atomic E-state index is 0.107. The summed E-state index contributed by atoms with van der Waals surface area (Å²) in [6.45, 7) is 2.11. The summed E-state index contributed by atoms with van der Waals surface area (Å²) in [7, 11) is 3.14. The number of rotatable bonds is 6. The van der Waals surface area contributed by atoms with Crippen molar-refractivity contribution in [1.29, 1.82) is 0 Å². The first-order valence-corrected chi connectivity index (χ1v) is 6.48. The van der Waals surface area contributed by atoms with Crippen LogP contribution in [-0.4, -0.2) is 35.3 Å². The number of aromatic amines is 1. The number of carbonyl (C=O) groups excluding carboxylic acids is 1. The van der Waals surface area contributed by atoms with Crippen molar-refractivity contribution in [1.82, 2.24) is 20.5 Å². The van der Waals surface area contributed by atoms with Crippen LogP contribution in [0.5, 0.6) is 11.5 Å². The molecule has 0 spiro atoms. The van der Waals surface area contributed by atoms with Gasteiger partial charge in [-0.3, -0.25) is 9.89 Å². The average Bonchev–Trinajstić information content (AvgIpc) is 2.90. The molecule has 21 heavy (non-hydrogen) atoms. The summed E-state index contributed by atoms with van der Waals surface area (Å²) in [5.74, 6) is 2.42. The number of aromatic nitrogens is 3. The molecule has 1 aromatic carbocycles. The summed E-state index contributed by atoms with van der Waals surface area (Å²) >= 11 is 0. The van der Waals surface area contributed by atoms with E-state index in [0.717, 1.165) is 11.4 Å². The maximum absolute atomic E-state index is 11.9. The fourth-order valence-corrected chi connectivity index (χ4v) is 1.88. The molecule has 0 saturated carbocycles. The van der Waals surface area contributed by atoms with Gasteiger partial charge in [-0.05, 0) is 24.6 Å². The molecule has 0 fully saturated rings. The third-order valence-corrected chi connectivity index (χ3v) is 2.90. The zero-order valence-corrected chi connectivity index (χ0v) is 12.3. The number of benzene rings is 1. The molecule has 7 heteroatoms. The Morgan fingerprint density at radius 2 is 2.05 bits per heavy atom. The molecule has 0 atom stereocenters. The fraction of sp³-hybridized carbons (Fsp3) is 0.357. The Kier molecular flexibility index (Phi) is 4.76. The smallest absolute Gasteiger partial charge is 0.224 e. The van der Waals surface area contributed by atoms with Gasteiger partial charge in [0.2, 0.25) is 5.91 Å². The topological polar surface area (TPSA) is 89.1 Å². The Morgan fingerprint density at radius 3 is 2.67 bits per heavy atom. The zero-order valence-electron chi connectivity index (χ0n) is 12.3. The van der Waals surface area contributed by atoms with Gasteiger partial charge in [-0.25, -0.2) is 4.98 Å². The van der Waals surface area contributed by atoms with Crippen LogP contribution in [0.4, 0.5) is 0 Å². The molecule has 0 saturated heterocycles. The summed E-state index contributed by atoms with van der Waals surface area (Å²) in [6.07, 6.45) is 0.254. The number of nitrogens with zero attached hydrogens (tertiary/aromatic N) is 2. The Balaban J connectivity index is 1.93. The highest BCUT2D eigenvalue weighted by molar-refractivity contribution is 5.78. The second kappa shape index (κ2) is 6.74. The van der Waals surface area contributed by atoms with Crippen molar-refractivity contribution in [3.05, 3.63) is 35.4 Å². The van der Waals surface area contributed by atoms with Crippen molar-refractivity contribution in [3.63, 3.8) is 0 Å². The highest BCUT2D eigenvalue weighted by atomic mass is 16.5. The quantitative estimate of drug-likeness (QED) is 0.828. The number of carbonyl (C=O) groups is 1. The molecule has 1 heterocycles. The van der Waals surface area contributed by atoms with Crippen LogP contribution in [0.1, 0.15) is 17.2 Å². The number of H-pyrrole nitrogens is 1. The predicted molar refractivity (Wildman–Crippen MR) is 76.2 cm³/mol. The van der Waals surface area contributed by atoms with Gasteiger partial charge < -0.3 is 14.8 Å². The first-order chi connectivity index (χ1) is 10.1. The number of ether oxygens (including phenoxy) is 2. The first-order valence-electron chi connectivity index (χ1n) is 6.48. The van der Waals surface area contributed by atoms with Crippen molar-refractivity contribution in [3.8, 4) is 11.5 Å². The van der Waals surface area contributed by atoms with Crippen LogP contribution in [0, 0.1) is 6.92 Å². The van der Waals surface area contributed by atoms with Crippen LogP contribution < -0.4 is 14.8 Å². The Morgan fingerprint density at radius 1 is 1.29 bits per heavy atom. The lowest BCUT2D eigenvalue weighted by atomic mass is 10.1. The molecule has 0 aliphatic carbocycles. The summed E-state index contributed by atoms with van der Waals surface area (Å²) in [6, 6.07) is 5.40. The zero-order chi connectivity index (χ0) is 15.2. The summed E-state index contributed by atoms with van der Waals surface area (Å²) in [5.41, 5.74) is 0.844. The third kappa shape index (κ3) is 3.95. The first kappa shape index (κ1) is 14.8. The standard InChI is InChI=1S/C14H18N4O3/c1-9-16-13(18-17-9)8-15-14(19)7-10-4-5-11(20-2)12(6-10)21-3/h4-6H,7-8H2,1-3H3,(H,15,19)(H,16,17,18). The number of methoxy groups -OCH3 is 2. The fourth-order valence-electron chi connectivity index (χ4n) is 1.88.